The Morgan fingerprint density at radius 1 is 0.950 bits per heavy atom. The number of carboxylic acids is 3. The Labute approximate surface area is 208 Å². The first-order chi connectivity index (χ1) is 7.25. The van der Waals surface area contributed by atoms with E-state index in [1.807, 2.05) is 0 Å². The van der Waals surface area contributed by atoms with Gasteiger partial charge in [0.1, 0.15) is 6.04 Å². The van der Waals surface area contributed by atoms with Gasteiger partial charge in [0, 0.05) is 0 Å². The molecule has 13 heteroatoms. The summed E-state index contributed by atoms with van der Waals surface area (Å²) in [6.07, 6.45) is -3.18. The monoisotopic (exact) mass is 331 g/mol. The quantitative estimate of drug-likeness (QED) is 0.210. The van der Waals surface area contributed by atoms with Crippen LogP contribution < -0.4 is 124 Å². The molecule has 0 fully saturated rings. The Bertz CT molecular complexity index is 340. The Morgan fingerprint density at radius 2 is 1.30 bits per heavy atom. The van der Waals surface area contributed by atoms with Gasteiger partial charge in [0.25, 0.3) is 6.10 Å². The average molecular weight is 331 g/mol. The second-order valence-corrected chi connectivity index (χ2v) is 2.70. The largest absolute Gasteiger partial charge is 1.00 e. The van der Waals surface area contributed by atoms with Crippen LogP contribution in [0.25, 0.3) is 0 Å². The second-order valence-electron chi connectivity index (χ2n) is 2.70. The van der Waals surface area contributed by atoms with E-state index >= 15 is 0 Å². The van der Waals surface area contributed by atoms with Gasteiger partial charge in [-0.25, -0.2) is 9.59 Å². The van der Waals surface area contributed by atoms with Crippen molar-refractivity contribution in [3.63, 3.8) is 0 Å². The number of carbonyl (C=O) groups excluding carboxylic acids is 1. The van der Waals surface area contributed by atoms with Crippen molar-refractivity contribution in [3.8, 4) is 0 Å². The van der Waals surface area contributed by atoms with Gasteiger partial charge in [0.15, 0.2) is 0 Å². The number of carboxylic acid groups (broad SMARTS) is 3. The molecule has 0 aromatic heterocycles. The summed E-state index contributed by atoms with van der Waals surface area (Å²) in [5.41, 5.74) is 5.03. The SMILES string of the molecule is NC(CC(=O)O)C(=O)OC(C(=O)O)C(=O)O.[H-].[H-].[H-].[H-].[Na+].[Na+].[Na+].[Na+]. The fraction of sp³-hybridized carbons (Fsp3) is 0.429. The van der Waals surface area contributed by atoms with Gasteiger partial charge in [-0.05, 0) is 0 Å². The molecule has 0 aliphatic rings. The minimum absolute atomic E-state index is 0. The molecule has 98 valence electrons. The summed E-state index contributed by atoms with van der Waals surface area (Å²) in [5.74, 6) is -6.57. The molecule has 0 rings (SSSR count). The average Bonchev–Trinajstić information content (AvgIpc) is 2.11. The van der Waals surface area contributed by atoms with Crippen molar-refractivity contribution >= 4 is 23.9 Å². The Balaban J connectivity index is -0.0000000402. The number of carbonyl (C=O) groups is 4. The molecule has 1 unspecified atom stereocenters. The molecule has 5 N–H and O–H groups in total. The van der Waals surface area contributed by atoms with Crippen LogP contribution in [0.15, 0.2) is 0 Å². The summed E-state index contributed by atoms with van der Waals surface area (Å²) in [4.78, 5) is 41.7. The van der Waals surface area contributed by atoms with Gasteiger partial charge in [0.05, 0.1) is 6.42 Å². The van der Waals surface area contributed by atoms with Crippen LogP contribution in [0.5, 0.6) is 0 Å². The molecule has 0 heterocycles. The summed E-state index contributed by atoms with van der Waals surface area (Å²) in [7, 11) is 0. The topological polar surface area (TPSA) is 164 Å². The molecular weight excluding hydrogens is 318 g/mol. The molecule has 9 nitrogen and oxygen atoms in total. The zero-order chi connectivity index (χ0) is 12.9. The molecule has 0 spiro atoms. The van der Waals surface area contributed by atoms with Gasteiger partial charge in [0.2, 0.25) is 0 Å². The first-order valence-corrected chi connectivity index (χ1v) is 3.89. The van der Waals surface area contributed by atoms with E-state index in [-0.39, 0.29) is 124 Å². The minimum atomic E-state index is -2.40. The van der Waals surface area contributed by atoms with Crippen LogP contribution in [-0.2, 0) is 23.9 Å². The van der Waals surface area contributed by atoms with Crippen molar-refractivity contribution in [2.45, 2.75) is 18.6 Å². The van der Waals surface area contributed by atoms with Crippen molar-refractivity contribution in [3.05, 3.63) is 0 Å². The molecule has 0 amide bonds. The van der Waals surface area contributed by atoms with E-state index in [1.165, 1.54) is 0 Å². The molecule has 0 aromatic rings. The maximum Gasteiger partial charge on any atom is 1.00 e. The van der Waals surface area contributed by atoms with Crippen LogP contribution in [-0.4, -0.2) is 51.3 Å². The minimum Gasteiger partial charge on any atom is -1.00 e. The number of ether oxygens (including phenoxy) is 1. The van der Waals surface area contributed by atoms with E-state index in [1.54, 1.807) is 0 Å². The third-order valence-corrected chi connectivity index (χ3v) is 1.38. The fourth-order valence-electron chi connectivity index (χ4n) is 0.681. The Morgan fingerprint density at radius 3 is 1.55 bits per heavy atom. The standard InChI is InChI=1S/C7H9NO8.4Na.4H/c8-2(1-3(9)10)7(15)16-4(5(11)12)6(13)14;;;;;;;;/h2,4H,1,8H2,(H,9,10)(H,11,12)(H,13,14);;;;;;;;/q;4*+1;4*-1. The van der Waals surface area contributed by atoms with Crippen LogP contribution >= 0.6 is 0 Å². The van der Waals surface area contributed by atoms with Crippen LogP contribution in [0.3, 0.4) is 0 Å². The maximum atomic E-state index is 11.0. The summed E-state index contributed by atoms with van der Waals surface area (Å²) < 4.78 is 4.01. The van der Waals surface area contributed by atoms with E-state index in [4.69, 9.17) is 21.1 Å². The summed E-state index contributed by atoms with van der Waals surface area (Å²) in [6, 6.07) is -1.61. The van der Waals surface area contributed by atoms with Crippen molar-refractivity contribution in [1.29, 1.82) is 0 Å². The van der Waals surface area contributed by atoms with Crippen LogP contribution in [0.2, 0.25) is 0 Å². The summed E-state index contributed by atoms with van der Waals surface area (Å²) >= 11 is 0. The third kappa shape index (κ3) is 14.8. The summed E-state index contributed by atoms with van der Waals surface area (Å²) in [6.45, 7) is 0. The molecule has 0 aromatic carbocycles. The zero-order valence-electron chi connectivity index (χ0n) is 15.8. The van der Waals surface area contributed by atoms with Crippen LogP contribution in [0.4, 0.5) is 0 Å². The van der Waals surface area contributed by atoms with Crippen LogP contribution in [0, 0.1) is 0 Å². The first-order valence-electron chi connectivity index (χ1n) is 3.89. The maximum absolute atomic E-state index is 11.0. The Hall–Kier alpha value is 1.84. The molecular formula is C7H13NNa4O8. The third-order valence-electron chi connectivity index (χ3n) is 1.38. The van der Waals surface area contributed by atoms with Gasteiger partial charge < -0.3 is 31.5 Å². The molecule has 0 radical (unpaired) electrons. The molecule has 0 bridgehead atoms. The number of hydrogen-bond donors (Lipinski definition) is 4. The predicted octanol–water partition coefficient (Wildman–Crippen LogP) is -13.7. The van der Waals surface area contributed by atoms with E-state index in [0.717, 1.165) is 0 Å². The van der Waals surface area contributed by atoms with Crippen molar-refractivity contribution in [2.24, 2.45) is 5.73 Å². The van der Waals surface area contributed by atoms with E-state index in [0.29, 0.717) is 0 Å². The molecule has 0 saturated carbocycles. The smallest absolute Gasteiger partial charge is 1.00 e. The zero-order valence-corrected chi connectivity index (χ0v) is 19.8. The molecule has 20 heavy (non-hydrogen) atoms. The van der Waals surface area contributed by atoms with E-state index in [2.05, 4.69) is 4.74 Å². The predicted molar refractivity (Wildman–Crippen MR) is 49.8 cm³/mol. The van der Waals surface area contributed by atoms with Crippen LogP contribution in [0.1, 0.15) is 12.1 Å². The van der Waals surface area contributed by atoms with Gasteiger partial charge >= 0.3 is 142 Å². The number of esters is 1. The first kappa shape index (κ1) is 33.4. The summed E-state index contributed by atoms with van der Waals surface area (Å²) in [5, 5.41) is 24.9. The number of rotatable bonds is 6. The van der Waals surface area contributed by atoms with Gasteiger partial charge in [-0.15, -0.1) is 0 Å². The molecule has 0 aliphatic heterocycles. The fourth-order valence-corrected chi connectivity index (χ4v) is 0.681. The van der Waals surface area contributed by atoms with Gasteiger partial charge in [-0.1, -0.05) is 0 Å². The molecule has 0 aliphatic carbocycles. The normalized spacial score (nSPS) is 9.50. The van der Waals surface area contributed by atoms with E-state index < -0.39 is 42.4 Å². The van der Waals surface area contributed by atoms with Gasteiger partial charge in [-0.2, -0.15) is 0 Å². The molecule has 0 saturated heterocycles. The number of nitrogens with two attached hydrogens (primary N) is 1. The number of hydrogen-bond acceptors (Lipinski definition) is 6. The van der Waals surface area contributed by atoms with Crippen molar-refractivity contribution < 1.29 is 163 Å². The van der Waals surface area contributed by atoms with E-state index in [9.17, 15) is 19.2 Å². The number of aliphatic carboxylic acids is 3. The Kier molecular flexibility index (Phi) is 28.8. The van der Waals surface area contributed by atoms with Gasteiger partial charge in [-0.3, -0.25) is 9.59 Å². The van der Waals surface area contributed by atoms with Crippen molar-refractivity contribution in [2.75, 3.05) is 0 Å². The van der Waals surface area contributed by atoms with Crippen molar-refractivity contribution in [1.82, 2.24) is 0 Å². The second kappa shape index (κ2) is 17.2. The molecule has 1 atom stereocenters.